The van der Waals surface area contributed by atoms with Crippen LogP contribution in [0.3, 0.4) is 0 Å². The molecule has 1 N–H and O–H groups in total. The van der Waals surface area contributed by atoms with Crippen molar-refractivity contribution in [2.24, 2.45) is 4.99 Å². The minimum Gasteiger partial charge on any atom is -0.381 e. The summed E-state index contributed by atoms with van der Waals surface area (Å²) in [4.78, 5) is 21.2. The molecule has 0 radical (unpaired) electrons. The number of anilines is 1. The molecule has 1 aromatic heterocycles. The molecule has 0 saturated carbocycles. The summed E-state index contributed by atoms with van der Waals surface area (Å²) in [7, 11) is 0. The number of aldehydes is 1. The molecule has 1 fully saturated rings. The predicted molar refractivity (Wildman–Crippen MR) is 128 cm³/mol. The normalized spacial score (nSPS) is 16.2. The first-order chi connectivity index (χ1) is 15.2. The number of pyridine rings is 1. The molecular formula is C26H33N3O2. The number of rotatable bonds is 8. The topological polar surface area (TPSA) is 63.6 Å². The molecule has 0 aliphatic carbocycles. The van der Waals surface area contributed by atoms with Crippen LogP contribution >= 0.6 is 0 Å². The lowest BCUT2D eigenvalue weighted by Crippen LogP contribution is -2.33. The summed E-state index contributed by atoms with van der Waals surface area (Å²) in [5, 5.41) is 5.52. The van der Waals surface area contributed by atoms with E-state index < -0.39 is 0 Å². The summed E-state index contributed by atoms with van der Waals surface area (Å²) in [5.41, 5.74) is 4.83. The zero-order valence-corrected chi connectivity index (χ0v) is 18.9. The summed E-state index contributed by atoms with van der Waals surface area (Å²) in [6, 6.07) is 6.47. The van der Waals surface area contributed by atoms with Crippen LogP contribution in [0.5, 0.6) is 0 Å². The molecule has 3 rings (SSSR count). The van der Waals surface area contributed by atoms with Gasteiger partial charge < -0.3 is 10.1 Å². The SMILES string of the molecule is C/C=c1/c(Cc2ccc(CC)nc2)cc(C=O)c(NC=NC2CCOCC2)/c1=C/CC. The summed E-state index contributed by atoms with van der Waals surface area (Å²) < 4.78 is 5.40. The first-order valence-electron chi connectivity index (χ1n) is 11.3. The van der Waals surface area contributed by atoms with Crippen LogP contribution in [0.15, 0.2) is 29.4 Å². The van der Waals surface area contributed by atoms with E-state index in [2.05, 4.69) is 53.4 Å². The van der Waals surface area contributed by atoms with E-state index in [1.165, 1.54) is 0 Å². The van der Waals surface area contributed by atoms with Crippen LogP contribution in [-0.2, 0) is 17.6 Å². The van der Waals surface area contributed by atoms with Crippen LogP contribution in [0.1, 0.15) is 67.2 Å². The minimum absolute atomic E-state index is 0.273. The number of hydrogen-bond donors (Lipinski definition) is 1. The molecule has 1 aliphatic heterocycles. The van der Waals surface area contributed by atoms with Crippen LogP contribution in [0, 0.1) is 0 Å². The van der Waals surface area contributed by atoms with E-state index in [0.717, 1.165) is 84.5 Å². The fraction of sp³-hybridized carbons (Fsp3) is 0.423. The largest absolute Gasteiger partial charge is 0.381 e. The van der Waals surface area contributed by atoms with Gasteiger partial charge in [0.05, 0.1) is 18.1 Å². The highest BCUT2D eigenvalue weighted by molar-refractivity contribution is 5.90. The van der Waals surface area contributed by atoms with E-state index in [4.69, 9.17) is 4.74 Å². The van der Waals surface area contributed by atoms with Crippen molar-refractivity contribution >= 4 is 30.5 Å². The van der Waals surface area contributed by atoms with Gasteiger partial charge in [-0.2, -0.15) is 0 Å². The number of aryl methyl sites for hydroxylation is 1. The highest BCUT2D eigenvalue weighted by Crippen LogP contribution is 2.13. The third-order valence-electron chi connectivity index (χ3n) is 5.68. The van der Waals surface area contributed by atoms with E-state index in [1.807, 2.05) is 19.2 Å². The van der Waals surface area contributed by atoms with Crippen molar-refractivity contribution in [2.75, 3.05) is 18.5 Å². The highest BCUT2D eigenvalue weighted by Gasteiger charge is 2.12. The van der Waals surface area contributed by atoms with Crippen molar-refractivity contribution in [3.8, 4) is 0 Å². The van der Waals surface area contributed by atoms with E-state index in [-0.39, 0.29) is 6.04 Å². The molecule has 1 aromatic carbocycles. The van der Waals surface area contributed by atoms with Crippen LogP contribution in [0.25, 0.3) is 12.2 Å². The Morgan fingerprint density at radius 1 is 1.23 bits per heavy atom. The van der Waals surface area contributed by atoms with Gasteiger partial charge in [0.2, 0.25) is 0 Å². The van der Waals surface area contributed by atoms with Gasteiger partial charge in [0.1, 0.15) is 0 Å². The van der Waals surface area contributed by atoms with Gasteiger partial charge in [-0.05, 0) is 67.5 Å². The maximum absolute atomic E-state index is 12.0. The second-order valence-electron chi connectivity index (χ2n) is 7.80. The van der Waals surface area contributed by atoms with Gasteiger partial charge in [-0.3, -0.25) is 14.8 Å². The molecule has 2 aromatic rings. The number of ether oxygens (including phenoxy) is 1. The van der Waals surface area contributed by atoms with Crippen LogP contribution in [-0.4, -0.2) is 36.9 Å². The van der Waals surface area contributed by atoms with Crippen LogP contribution in [0.2, 0.25) is 0 Å². The lowest BCUT2D eigenvalue weighted by molar-refractivity contribution is 0.0872. The highest BCUT2D eigenvalue weighted by atomic mass is 16.5. The molecule has 5 heteroatoms. The fourth-order valence-electron chi connectivity index (χ4n) is 3.99. The van der Waals surface area contributed by atoms with Gasteiger partial charge in [-0.15, -0.1) is 0 Å². The Balaban J connectivity index is 1.98. The van der Waals surface area contributed by atoms with E-state index >= 15 is 0 Å². The van der Waals surface area contributed by atoms with Gasteiger partial charge in [0.25, 0.3) is 0 Å². The lowest BCUT2D eigenvalue weighted by Gasteiger charge is -2.18. The average molecular weight is 420 g/mol. The fourth-order valence-corrected chi connectivity index (χ4v) is 3.99. The van der Waals surface area contributed by atoms with Crippen LogP contribution < -0.4 is 15.8 Å². The molecule has 5 nitrogen and oxygen atoms in total. The molecule has 0 spiro atoms. The van der Waals surface area contributed by atoms with Crippen molar-refractivity contribution in [1.82, 2.24) is 4.98 Å². The summed E-state index contributed by atoms with van der Waals surface area (Å²) >= 11 is 0. The monoisotopic (exact) mass is 419 g/mol. The second kappa shape index (κ2) is 11.6. The standard InChI is InChI=1S/C26H33N3O2/c1-4-7-25-24(6-3)20(14-19-8-9-22(5-2)27-16-19)15-21(17-30)26(25)29-18-28-23-10-12-31-13-11-23/h6-9,15-18,23H,4-5,10-14H2,1-3H3,(H,28,29)/b24-6-,25-7+. The minimum atomic E-state index is 0.273. The Hall–Kier alpha value is -2.79. The summed E-state index contributed by atoms with van der Waals surface area (Å²) in [5.74, 6) is 0. The Morgan fingerprint density at radius 2 is 2.03 bits per heavy atom. The summed E-state index contributed by atoms with van der Waals surface area (Å²) in [6.07, 6.45) is 13.3. The number of nitrogens with zero attached hydrogens (tertiary/aromatic N) is 2. The number of aliphatic imine (C=N–C) groups is 1. The Bertz CT molecular complexity index is 1020. The smallest absolute Gasteiger partial charge is 0.152 e. The Morgan fingerprint density at radius 3 is 2.65 bits per heavy atom. The first kappa shape index (κ1) is 22.9. The Kier molecular flexibility index (Phi) is 8.53. The molecular weight excluding hydrogens is 386 g/mol. The molecule has 2 heterocycles. The van der Waals surface area contributed by atoms with Gasteiger partial charge in [0.15, 0.2) is 6.29 Å². The number of aromatic nitrogens is 1. The first-order valence-corrected chi connectivity index (χ1v) is 11.3. The maximum Gasteiger partial charge on any atom is 0.152 e. The molecule has 0 atom stereocenters. The van der Waals surface area contributed by atoms with Crippen molar-refractivity contribution in [2.45, 2.75) is 58.9 Å². The Labute approximate surface area is 185 Å². The molecule has 1 aliphatic rings. The van der Waals surface area contributed by atoms with Crippen molar-refractivity contribution in [3.05, 3.63) is 57.2 Å². The molecule has 0 amide bonds. The van der Waals surface area contributed by atoms with Crippen molar-refractivity contribution < 1.29 is 9.53 Å². The number of carbonyl (C=O) groups excluding carboxylic acids is 1. The molecule has 31 heavy (non-hydrogen) atoms. The summed E-state index contributed by atoms with van der Waals surface area (Å²) in [6.45, 7) is 7.78. The average Bonchev–Trinajstić information content (AvgIpc) is 2.81. The number of nitrogens with one attached hydrogen (secondary N) is 1. The second-order valence-corrected chi connectivity index (χ2v) is 7.80. The molecule has 0 unspecified atom stereocenters. The van der Waals surface area contributed by atoms with E-state index in [9.17, 15) is 4.79 Å². The van der Waals surface area contributed by atoms with Gasteiger partial charge in [0, 0.05) is 35.9 Å². The number of hydrogen-bond acceptors (Lipinski definition) is 4. The number of benzene rings is 1. The third kappa shape index (κ3) is 5.88. The maximum atomic E-state index is 12.0. The third-order valence-corrected chi connectivity index (χ3v) is 5.68. The van der Waals surface area contributed by atoms with Crippen molar-refractivity contribution in [1.29, 1.82) is 0 Å². The number of carbonyl (C=O) groups is 1. The molecule has 164 valence electrons. The van der Waals surface area contributed by atoms with Gasteiger partial charge in [-0.25, -0.2) is 0 Å². The molecule has 1 saturated heterocycles. The molecule has 0 bridgehead atoms. The zero-order valence-electron chi connectivity index (χ0n) is 18.9. The lowest BCUT2D eigenvalue weighted by atomic mass is 9.97. The van der Waals surface area contributed by atoms with Crippen molar-refractivity contribution in [3.63, 3.8) is 0 Å². The van der Waals surface area contributed by atoms with Crippen LogP contribution in [0.4, 0.5) is 5.69 Å². The zero-order chi connectivity index (χ0) is 22.1. The van der Waals surface area contributed by atoms with E-state index in [0.29, 0.717) is 5.56 Å². The van der Waals surface area contributed by atoms with Gasteiger partial charge in [-0.1, -0.05) is 32.1 Å². The van der Waals surface area contributed by atoms with E-state index in [1.54, 1.807) is 6.34 Å². The predicted octanol–water partition coefficient (Wildman–Crippen LogP) is 3.66. The van der Waals surface area contributed by atoms with Gasteiger partial charge >= 0.3 is 0 Å². The quantitative estimate of drug-likeness (QED) is 0.403.